The predicted octanol–water partition coefficient (Wildman–Crippen LogP) is 2.17. The highest BCUT2D eigenvalue weighted by Crippen LogP contribution is 2.16. The Hall–Kier alpha value is -2.50. The van der Waals surface area contributed by atoms with Crippen molar-refractivity contribution in [2.45, 2.75) is 19.9 Å². The number of benzene rings is 1. The van der Waals surface area contributed by atoms with Gasteiger partial charge in [-0.3, -0.25) is 4.79 Å². The molecule has 0 radical (unpaired) electrons. The fourth-order valence-corrected chi connectivity index (χ4v) is 1.84. The Morgan fingerprint density at radius 1 is 1.29 bits per heavy atom. The molecule has 0 aliphatic carbocycles. The third kappa shape index (κ3) is 3.34. The molecule has 1 atom stereocenters. The first-order chi connectivity index (χ1) is 10.0. The zero-order chi connectivity index (χ0) is 15.4. The van der Waals surface area contributed by atoms with E-state index < -0.39 is 17.6 Å². The van der Waals surface area contributed by atoms with Crippen molar-refractivity contribution in [1.29, 1.82) is 0 Å². The first-order valence-corrected chi connectivity index (χ1v) is 6.55. The topological polar surface area (TPSA) is 61.2 Å². The van der Waals surface area contributed by atoms with Gasteiger partial charge in [0.25, 0.3) is 5.56 Å². The van der Waals surface area contributed by atoms with Gasteiger partial charge in [0.1, 0.15) is 5.82 Å². The van der Waals surface area contributed by atoms with Crippen LogP contribution in [0.2, 0.25) is 0 Å². The Balaban J connectivity index is 2.39. The number of hydrogen-bond acceptors (Lipinski definition) is 4. The molecule has 6 heteroatoms. The number of carbonyl (C=O) groups is 1. The van der Waals surface area contributed by atoms with E-state index in [0.29, 0.717) is 11.3 Å². The van der Waals surface area contributed by atoms with Crippen LogP contribution in [-0.4, -0.2) is 22.4 Å². The van der Waals surface area contributed by atoms with Gasteiger partial charge in [0.05, 0.1) is 12.3 Å². The van der Waals surface area contributed by atoms with Crippen LogP contribution >= 0.6 is 0 Å². The smallest absolute Gasteiger partial charge is 0.330 e. The van der Waals surface area contributed by atoms with Gasteiger partial charge in [-0.2, -0.15) is 5.10 Å². The molecule has 0 aliphatic heterocycles. The molecule has 0 amide bonds. The van der Waals surface area contributed by atoms with E-state index in [9.17, 15) is 14.0 Å². The Labute approximate surface area is 121 Å². The summed E-state index contributed by atoms with van der Waals surface area (Å²) in [7, 11) is 0. The van der Waals surface area contributed by atoms with E-state index in [0.717, 1.165) is 4.68 Å². The van der Waals surface area contributed by atoms with Crippen LogP contribution in [0.1, 0.15) is 19.9 Å². The van der Waals surface area contributed by atoms with Crippen molar-refractivity contribution >= 4 is 5.97 Å². The van der Waals surface area contributed by atoms with E-state index in [1.165, 1.54) is 24.3 Å². The summed E-state index contributed by atoms with van der Waals surface area (Å²) >= 11 is 0. The van der Waals surface area contributed by atoms with Gasteiger partial charge in [-0.25, -0.2) is 13.9 Å². The summed E-state index contributed by atoms with van der Waals surface area (Å²) < 4.78 is 18.9. The van der Waals surface area contributed by atoms with Gasteiger partial charge >= 0.3 is 5.97 Å². The van der Waals surface area contributed by atoms with Crippen molar-refractivity contribution in [2.75, 3.05) is 6.61 Å². The largest absolute Gasteiger partial charge is 0.464 e. The zero-order valence-corrected chi connectivity index (χ0v) is 11.7. The molecule has 5 nitrogen and oxygen atoms in total. The van der Waals surface area contributed by atoms with Crippen molar-refractivity contribution in [3.8, 4) is 11.3 Å². The monoisotopic (exact) mass is 290 g/mol. The number of aromatic nitrogens is 2. The lowest BCUT2D eigenvalue weighted by Gasteiger charge is -2.13. The highest BCUT2D eigenvalue weighted by Gasteiger charge is 2.19. The van der Waals surface area contributed by atoms with Gasteiger partial charge in [-0.1, -0.05) is 0 Å². The van der Waals surface area contributed by atoms with E-state index in [2.05, 4.69) is 5.10 Å². The second kappa shape index (κ2) is 6.30. The van der Waals surface area contributed by atoms with Gasteiger partial charge < -0.3 is 4.74 Å². The van der Waals surface area contributed by atoms with Crippen LogP contribution in [0, 0.1) is 5.82 Å². The molecule has 0 unspecified atom stereocenters. The van der Waals surface area contributed by atoms with Crippen LogP contribution in [0.4, 0.5) is 4.39 Å². The molecule has 1 heterocycles. The van der Waals surface area contributed by atoms with E-state index in [1.54, 1.807) is 26.0 Å². The van der Waals surface area contributed by atoms with Crippen LogP contribution < -0.4 is 5.56 Å². The van der Waals surface area contributed by atoms with Crippen molar-refractivity contribution < 1.29 is 13.9 Å². The maximum atomic E-state index is 12.9. The highest BCUT2D eigenvalue weighted by molar-refractivity contribution is 5.73. The highest BCUT2D eigenvalue weighted by atomic mass is 19.1. The first-order valence-electron chi connectivity index (χ1n) is 6.55. The number of ether oxygens (including phenoxy) is 1. The number of esters is 1. The minimum absolute atomic E-state index is 0.232. The molecule has 0 saturated carbocycles. The SMILES string of the molecule is CCOC(=O)[C@@H](C)n1nc(-c2ccc(F)cc2)ccc1=O. The van der Waals surface area contributed by atoms with Gasteiger partial charge in [0.15, 0.2) is 6.04 Å². The molecule has 2 rings (SSSR count). The minimum atomic E-state index is -0.821. The second-order valence-electron chi connectivity index (χ2n) is 4.44. The molecule has 0 fully saturated rings. The predicted molar refractivity (Wildman–Crippen MR) is 75.2 cm³/mol. The molecular weight excluding hydrogens is 275 g/mol. The summed E-state index contributed by atoms with van der Waals surface area (Å²) in [5.74, 6) is -0.879. The Bertz CT molecular complexity index is 695. The average Bonchev–Trinajstić information content (AvgIpc) is 2.48. The average molecular weight is 290 g/mol. The third-order valence-corrected chi connectivity index (χ3v) is 2.96. The fraction of sp³-hybridized carbons (Fsp3) is 0.267. The number of carbonyl (C=O) groups excluding carboxylic acids is 1. The lowest BCUT2D eigenvalue weighted by Crippen LogP contribution is -2.31. The van der Waals surface area contributed by atoms with Gasteiger partial charge in [-0.05, 0) is 44.2 Å². The van der Waals surface area contributed by atoms with Gasteiger partial charge in [-0.15, -0.1) is 0 Å². The van der Waals surface area contributed by atoms with Crippen LogP contribution in [0.15, 0.2) is 41.2 Å². The van der Waals surface area contributed by atoms with E-state index in [4.69, 9.17) is 4.74 Å². The Kier molecular flexibility index (Phi) is 4.47. The molecule has 0 spiro atoms. The lowest BCUT2D eigenvalue weighted by atomic mass is 10.1. The Morgan fingerprint density at radius 3 is 2.57 bits per heavy atom. The second-order valence-corrected chi connectivity index (χ2v) is 4.44. The molecule has 21 heavy (non-hydrogen) atoms. The summed E-state index contributed by atoms with van der Waals surface area (Å²) in [6.45, 7) is 3.46. The number of hydrogen-bond donors (Lipinski definition) is 0. The van der Waals surface area contributed by atoms with E-state index >= 15 is 0 Å². The maximum Gasteiger partial charge on any atom is 0.330 e. The summed E-state index contributed by atoms with van der Waals surface area (Å²) in [4.78, 5) is 23.6. The lowest BCUT2D eigenvalue weighted by molar-refractivity contribution is -0.147. The van der Waals surface area contributed by atoms with E-state index in [1.807, 2.05) is 0 Å². The zero-order valence-electron chi connectivity index (χ0n) is 11.7. The number of nitrogens with zero attached hydrogens (tertiary/aromatic N) is 2. The summed E-state index contributed by atoms with van der Waals surface area (Å²) in [6.07, 6.45) is 0. The van der Waals surface area contributed by atoms with Crippen LogP contribution in [0.3, 0.4) is 0 Å². The molecular formula is C15H15FN2O3. The third-order valence-electron chi connectivity index (χ3n) is 2.96. The van der Waals surface area contributed by atoms with Crippen molar-refractivity contribution in [2.24, 2.45) is 0 Å². The molecule has 110 valence electrons. The maximum absolute atomic E-state index is 12.9. The first kappa shape index (κ1) is 14.9. The van der Waals surface area contributed by atoms with Crippen LogP contribution in [0.25, 0.3) is 11.3 Å². The van der Waals surface area contributed by atoms with E-state index in [-0.39, 0.29) is 12.4 Å². The summed E-state index contributed by atoms with van der Waals surface area (Å²) in [5, 5.41) is 4.16. The number of halogens is 1. The molecule has 0 N–H and O–H groups in total. The molecule has 1 aromatic carbocycles. The molecule has 0 aliphatic rings. The fourth-order valence-electron chi connectivity index (χ4n) is 1.84. The summed E-state index contributed by atoms with van der Waals surface area (Å²) in [6, 6.07) is 7.76. The van der Waals surface area contributed by atoms with Gasteiger partial charge in [0, 0.05) is 11.6 Å². The molecule has 2 aromatic rings. The quantitative estimate of drug-likeness (QED) is 0.810. The molecule has 0 bridgehead atoms. The van der Waals surface area contributed by atoms with Crippen molar-refractivity contribution in [1.82, 2.24) is 9.78 Å². The minimum Gasteiger partial charge on any atom is -0.464 e. The normalized spacial score (nSPS) is 12.0. The van der Waals surface area contributed by atoms with Crippen LogP contribution in [0.5, 0.6) is 0 Å². The Morgan fingerprint density at radius 2 is 1.95 bits per heavy atom. The summed E-state index contributed by atoms with van der Waals surface area (Å²) in [5.41, 5.74) is 0.730. The van der Waals surface area contributed by atoms with Crippen molar-refractivity contribution in [3.63, 3.8) is 0 Å². The van der Waals surface area contributed by atoms with Crippen molar-refractivity contribution in [3.05, 3.63) is 52.6 Å². The standard InChI is InChI=1S/C15H15FN2O3/c1-3-21-15(20)10(2)18-14(19)9-8-13(17-18)11-4-6-12(16)7-5-11/h4-10H,3H2,1-2H3/t10-/m1/s1. The van der Waals surface area contributed by atoms with Gasteiger partial charge in [0.2, 0.25) is 0 Å². The molecule has 0 saturated heterocycles. The van der Waals surface area contributed by atoms with Crippen LogP contribution in [-0.2, 0) is 9.53 Å². The number of rotatable bonds is 4. The molecule has 1 aromatic heterocycles.